The molecule has 0 radical (unpaired) electrons. The Kier molecular flexibility index (Phi) is 8.14. The number of carboxylic acid groups (broad SMARTS) is 1. The van der Waals surface area contributed by atoms with Gasteiger partial charge in [0, 0.05) is 20.1 Å². The Labute approximate surface area is 240 Å². The number of halogens is 5. The summed E-state index contributed by atoms with van der Waals surface area (Å²) >= 11 is 5.82. The summed E-state index contributed by atoms with van der Waals surface area (Å²) in [5.41, 5.74) is -3.68. The highest BCUT2D eigenvalue weighted by molar-refractivity contribution is 8.20. The molecule has 0 spiro atoms. The number of amides is 1. The number of likely N-dealkylation sites (N-methyl/N-ethyl adjacent to an activating group) is 1. The van der Waals surface area contributed by atoms with Gasteiger partial charge in [-0.2, -0.15) is 21.8 Å². The van der Waals surface area contributed by atoms with Crippen molar-refractivity contribution < 1.29 is 49.7 Å². The highest BCUT2D eigenvalue weighted by atomic mass is 35.5. The van der Waals surface area contributed by atoms with E-state index in [1.165, 1.54) is 15.7 Å². The molecule has 2 aromatic carbocycles. The van der Waals surface area contributed by atoms with Crippen molar-refractivity contribution in [2.75, 3.05) is 42.4 Å². The van der Waals surface area contributed by atoms with Crippen molar-refractivity contribution in [3.8, 4) is 5.75 Å². The predicted octanol–water partition coefficient (Wildman–Crippen LogP) is 5.09. The summed E-state index contributed by atoms with van der Waals surface area (Å²) < 4.78 is 113. The molecule has 0 aromatic heterocycles. The number of rotatable bonds is 6. The summed E-state index contributed by atoms with van der Waals surface area (Å²) in [6, 6.07) is 5.76. The van der Waals surface area contributed by atoms with Crippen LogP contribution in [-0.2, 0) is 10.0 Å². The smallest absolute Gasteiger partial charge is 0.412 e. The van der Waals surface area contributed by atoms with Crippen LogP contribution in [0.3, 0.4) is 0 Å². The van der Waals surface area contributed by atoms with Crippen molar-refractivity contribution in [1.29, 1.82) is 0 Å². The molecule has 1 atom stereocenters. The van der Waals surface area contributed by atoms with Gasteiger partial charge in [0.2, 0.25) is 0 Å². The van der Waals surface area contributed by atoms with Crippen LogP contribution in [0.4, 0.5) is 33.7 Å². The Hall–Kier alpha value is -2.54. The van der Waals surface area contributed by atoms with E-state index in [4.69, 9.17) is 16.3 Å². The number of benzene rings is 2. The molecule has 0 unspecified atom stereocenters. The first-order valence-corrected chi connectivity index (χ1v) is 15.2. The molecule has 2 aliphatic heterocycles. The summed E-state index contributed by atoms with van der Waals surface area (Å²) in [4.78, 5) is 11.6. The Morgan fingerprint density at radius 2 is 1.83 bits per heavy atom. The number of alkyl halides is 3. The van der Waals surface area contributed by atoms with Crippen molar-refractivity contribution in [2.24, 2.45) is 0 Å². The van der Waals surface area contributed by atoms with Crippen molar-refractivity contribution in [1.82, 2.24) is 8.61 Å². The zero-order valence-electron chi connectivity index (χ0n) is 21.8. The van der Waals surface area contributed by atoms with E-state index in [1.807, 2.05) is 0 Å². The molecule has 0 bridgehead atoms. The monoisotopic (exact) mass is 646 g/mol. The molecule has 228 valence electrons. The SMILES string of the molecule is CN1CCN(C[C@@H]2CN(S(=O)(=O)c3ccc(F)c(Cl)c3)c3cc(N(C(=O)O)C(C)(C)C(F)(F)F)ccc3O2)S1(O)O. The Bertz CT molecular complexity index is 1460. The zero-order valence-corrected chi connectivity index (χ0v) is 24.2. The van der Waals surface area contributed by atoms with E-state index in [1.54, 1.807) is 0 Å². The number of hydrogen-bond acceptors (Lipinski definition) is 8. The number of hydrogen-bond donors (Lipinski definition) is 3. The minimum Gasteiger partial charge on any atom is -0.485 e. The topological polar surface area (TPSA) is 134 Å². The van der Waals surface area contributed by atoms with E-state index in [-0.39, 0.29) is 29.4 Å². The van der Waals surface area contributed by atoms with Gasteiger partial charge in [0.15, 0.2) is 0 Å². The summed E-state index contributed by atoms with van der Waals surface area (Å²) in [6.07, 6.45) is -7.94. The summed E-state index contributed by atoms with van der Waals surface area (Å²) in [5, 5.41) is 9.22. The Morgan fingerprint density at radius 3 is 2.37 bits per heavy atom. The highest BCUT2D eigenvalue weighted by Gasteiger charge is 2.54. The molecule has 1 saturated heterocycles. The number of carbonyl (C=O) groups is 1. The summed E-state index contributed by atoms with van der Waals surface area (Å²) in [6.45, 7) is 1.25. The van der Waals surface area contributed by atoms with Crippen LogP contribution in [0, 0.1) is 5.82 Å². The van der Waals surface area contributed by atoms with Gasteiger partial charge in [0.1, 0.15) is 23.2 Å². The first-order chi connectivity index (χ1) is 18.8. The molecule has 2 heterocycles. The minimum absolute atomic E-state index is 0.0637. The van der Waals surface area contributed by atoms with Crippen molar-refractivity contribution in [2.45, 2.75) is 36.6 Å². The number of ether oxygens (including phenoxy) is 1. The molecule has 4 rings (SSSR count). The van der Waals surface area contributed by atoms with Gasteiger partial charge >= 0.3 is 12.3 Å². The van der Waals surface area contributed by atoms with Crippen LogP contribution in [-0.4, -0.2) is 88.4 Å². The molecular formula is C23H27ClF4N4O7S2. The molecule has 1 amide bonds. The lowest BCUT2D eigenvalue weighted by atomic mass is 10.0. The van der Waals surface area contributed by atoms with Crippen molar-refractivity contribution in [3.63, 3.8) is 0 Å². The second kappa shape index (κ2) is 10.6. The van der Waals surface area contributed by atoms with Gasteiger partial charge in [-0.25, -0.2) is 17.6 Å². The lowest BCUT2D eigenvalue weighted by molar-refractivity contribution is -0.175. The maximum absolute atomic E-state index is 13.8. The third kappa shape index (κ3) is 5.63. The number of sulfonamides is 1. The van der Waals surface area contributed by atoms with E-state index in [0.29, 0.717) is 20.4 Å². The molecule has 0 aliphatic carbocycles. The fourth-order valence-electron chi connectivity index (χ4n) is 4.44. The van der Waals surface area contributed by atoms with Gasteiger partial charge in [0.05, 0.1) is 34.4 Å². The molecule has 3 N–H and O–H groups in total. The lowest BCUT2D eigenvalue weighted by Gasteiger charge is -2.43. The first kappa shape index (κ1) is 31.4. The average Bonchev–Trinajstić information content (AvgIpc) is 3.10. The molecule has 1 fully saturated rings. The second-order valence-corrected chi connectivity index (χ2v) is 14.3. The van der Waals surface area contributed by atoms with Gasteiger partial charge in [-0.1, -0.05) is 22.6 Å². The molecule has 2 aliphatic rings. The molecule has 2 aromatic rings. The van der Waals surface area contributed by atoms with Crippen LogP contribution in [0.2, 0.25) is 5.02 Å². The second-order valence-electron chi connectivity index (χ2n) is 9.91. The largest absolute Gasteiger partial charge is 0.485 e. The number of fused-ring (bicyclic) bond motifs is 1. The minimum atomic E-state index is -4.99. The van der Waals surface area contributed by atoms with Gasteiger partial charge < -0.3 is 9.84 Å². The van der Waals surface area contributed by atoms with Gasteiger partial charge in [-0.05, 0) is 50.2 Å². The van der Waals surface area contributed by atoms with E-state index >= 15 is 0 Å². The van der Waals surface area contributed by atoms with E-state index in [0.717, 1.165) is 40.7 Å². The third-order valence-corrected chi connectivity index (χ3v) is 11.0. The fraction of sp³-hybridized carbons (Fsp3) is 0.435. The van der Waals surface area contributed by atoms with E-state index < -0.39 is 72.9 Å². The van der Waals surface area contributed by atoms with Crippen LogP contribution < -0.4 is 13.9 Å². The van der Waals surface area contributed by atoms with Crippen LogP contribution >= 0.6 is 22.6 Å². The first-order valence-electron chi connectivity index (χ1n) is 11.9. The summed E-state index contributed by atoms with van der Waals surface area (Å²) in [7, 11) is -6.42. The molecule has 11 nitrogen and oxygen atoms in total. The highest BCUT2D eigenvalue weighted by Crippen LogP contribution is 2.50. The Balaban J connectivity index is 1.83. The quantitative estimate of drug-likeness (QED) is 0.367. The molecule has 18 heteroatoms. The fourth-order valence-corrected chi connectivity index (χ4v) is 7.62. The van der Waals surface area contributed by atoms with Crippen LogP contribution in [0.25, 0.3) is 0 Å². The lowest BCUT2D eigenvalue weighted by Crippen LogP contribution is -2.57. The van der Waals surface area contributed by atoms with Crippen LogP contribution in [0.5, 0.6) is 5.75 Å². The van der Waals surface area contributed by atoms with Gasteiger partial charge in [0.25, 0.3) is 10.0 Å². The maximum atomic E-state index is 13.8. The standard InChI is InChI=1S/C23H27ClF4N4O7S2/c1-22(2,23(26,27)28)32(21(33)34)14-4-7-20-19(10-14)31(40(35,36)16-5-6-18(25)17(24)11-16)13-15(39-20)12-30-9-8-29(3)41(30,37)38/h4-7,10-11,15,37-38H,8-9,12-13H2,1-3H3,(H,33,34)/t15-/m1/s1. The number of anilines is 2. The average molecular weight is 647 g/mol. The van der Waals surface area contributed by atoms with Crippen LogP contribution in [0.15, 0.2) is 41.3 Å². The predicted molar refractivity (Wildman–Crippen MR) is 144 cm³/mol. The third-order valence-electron chi connectivity index (χ3n) is 6.89. The maximum Gasteiger partial charge on any atom is 0.412 e. The Morgan fingerprint density at radius 1 is 1.17 bits per heavy atom. The van der Waals surface area contributed by atoms with Crippen molar-refractivity contribution in [3.05, 3.63) is 47.2 Å². The molecule has 0 saturated carbocycles. The number of nitrogens with zero attached hydrogens (tertiary/aromatic N) is 4. The van der Waals surface area contributed by atoms with Crippen molar-refractivity contribution >= 4 is 50.1 Å². The van der Waals surface area contributed by atoms with Gasteiger partial charge in [-0.15, -0.1) is 0 Å². The van der Waals surface area contributed by atoms with E-state index in [2.05, 4.69) is 0 Å². The normalized spacial score (nSPS) is 20.8. The molecular weight excluding hydrogens is 620 g/mol. The summed E-state index contributed by atoms with van der Waals surface area (Å²) in [5.74, 6) is -1.01. The van der Waals surface area contributed by atoms with Gasteiger partial charge in [-0.3, -0.25) is 18.3 Å². The molecule has 41 heavy (non-hydrogen) atoms. The zero-order chi connectivity index (χ0) is 30.7. The van der Waals surface area contributed by atoms with Crippen LogP contribution in [0.1, 0.15) is 13.8 Å². The van der Waals surface area contributed by atoms with E-state index in [9.17, 15) is 45.0 Å².